The van der Waals surface area contributed by atoms with Gasteiger partial charge in [-0.25, -0.2) is 4.98 Å². The lowest BCUT2D eigenvalue weighted by Crippen LogP contribution is -2.38. The number of aromatic nitrogens is 1. The number of carboxylic acids is 1. The number of carbonyl (C=O) groups is 2. The molecule has 0 saturated carbocycles. The molecule has 3 rings (SSSR count). The van der Waals surface area contributed by atoms with Crippen molar-refractivity contribution in [2.75, 3.05) is 18.0 Å². The summed E-state index contributed by atoms with van der Waals surface area (Å²) in [5.74, 6) is -0.0975. The van der Waals surface area contributed by atoms with Crippen LogP contribution >= 0.6 is 15.9 Å². The first-order valence-electron chi connectivity index (χ1n) is 12.8. The maximum Gasteiger partial charge on any atom is 0.317 e. The van der Waals surface area contributed by atoms with E-state index < -0.39 is 5.97 Å². The van der Waals surface area contributed by atoms with E-state index in [-0.39, 0.29) is 18.5 Å². The number of unbranched alkanes of at least 4 members (excludes halogenated alkanes) is 1. The third-order valence-electron chi connectivity index (χ3n) is 5.86. The lowest BCUT2D eigenvalue weighted by molar-refractivity contribution is -0.136. The Labute approximate surface area is 229 Å². The van der Waals surface area contributed by atoms with Gasteiger partial charge in [-0.15, -0.1) is 0 Å². The van der Waals surface area contributed by atoms with Gasteiger partial charge >= 0.3 is 5.97 Å². The van der Waals surface area contributed by atoms with E-state index in [0.717, 1.165) is 47.8 Å². The van der Waals surface area contributed by atoms with E-state index >= 15 is 0 Å². The lowest BCUT2D eigenvalue weighted by Gasteiger charge is -2.27. The molecule has 1 aromatic heterocycles. The Morgan fingerprint density at radius 1 is 1.19 bits per heavy atom. The van der Waals surface area contributed by atoms with Gasteiger partial charge in [0.15, 0.2) is 0 Å². The van der Waals surface area contributed by atoms with Crippen LogP contribution in [0.15, 0.2) is 88.1 Å². The van der Waals surface area contributed by atoms with E-state index in [4.69, 9.17) is 5.11 Å². The van der Waals surface area contributed by atoms with Crippen LogP contribution < -0.4 is 10.2 Å². The molecule has 1 amide bonds. The Kier molecular flexibility index (Phi) is 13.0. The normalized spacial score (nSPS) is 16.5. The number of rotatable bonds is 9. The van der Waals surface area contributed by atoms with Crippen LogP contribution in [0.5, 0.6) is 0 Å². The summed E-state index contributed by atoms with van der Waals surface area (Å²) in [5.41, 5.74) is 4.63. The van der Waals surface area contributed by atoms with E-state index in [1.807, 2.05) is 18.2 Å². The van der Waals surface area contributed by atoms with Gasteiger partial charge < -0.3 is 10.4 Å². The van der Waals surface area contributed by atoms with Crippen molar-refractivity contribution >= 4 is 33.6 Å². The Bertz CT molecular complexity index is 1130. The summed E-state index contributed by atoms with van der Waals surface area (Å²) in [6.45, 7) is 8.76. The molecule has 2 aliphatic carbocycles. The summed E-state index contributed by atoms with van der Waals surface area (Å²) >= 11 is 3.48. The first-order chi connectivity index (χ1) is 17.8. The Morgan fingerprint density at radius 3 is 2.62 bits per heavy atom. The summed E-state index contributed by atoms with van der Waals surface area (Å²) in [4.78, 5) is 28.8. The topological polar surface area (TPSA) is 82.5 Å². The number of hydrogen-bond acceptors (Lipinski definition) is 4. The molecule has 0 spiro atoms. The van der Waals surface area contributed by atoms with Gasteiger partial charge in [0.05, 0.1) is 12.6 Å². The molecule has 1 unspecified atom stereocenters. The highest BCUT2D eigenvalue weighted by molar-refractivity contribution is 9.10. The van der Waals surface area contributed by atoms with Crippen molar-refractivity contribution in [3.8, 4) is 0 Å². The van der Waals surface area contributed by atoms with Gasteiger partial charge in [0, 0.05) is 17.6 Å². The minimum atomic E-state index is -0.786. The molecule has 198 valence electrons. The molecule has 1 aromatic rings. The van der Waals surface area contributed by atoms with Crippen molar-refractivity contribution in [3.63, 3.8) is 0 Å². The Morgan fingerprint density at radius 2 is 1.95 bits per heavy atom. The standard InChI is InChI=1S/C24H25BrN2O.C6H13NO2/c1-4-19-15-21(25)16-26-24(19)27(18(3)28)22-11-8-10-20(13-14-22)23-12-7-5-6-9-17(23)2;1-2-3-4-7-5-6(8)9/h6-16,22H,4-5H2,1-3H3;7H,2-5H2,1H3,(H,8,9). The fourth-order valence-corrected chi connectivity index (χ4v) is 4.33. The molecular formula is C30H38BrN3O3. The number of amides is 1. The highest BCUT2D eigenvalue weighted by atomic mass is 79.9. The van der Waals surface area contributed by atoms with Crippen molar-refractivity contribution in [2.24, 2.45) is 0 Å². The number of carbonyl (C=O) groups excluding carboxylic acids is 1. The highest BCUT2D eigenvalue weighted by Gasteiger charge is 2.23. The molecule has 0 radical (unpaired) electrons. The summed E-state index contributed by atoms with van der Waals surface area (Å²) in [6.07, 6.45) is 24.7. The summed E-state index contributed by atoms with van der Waals surface area (Å²) in [6, 6.07) is 1.85. The van der Waals surface area contributed by atoms with Gasteiger partial charge in [0.2, 0.25) is 5.91 Å². The van der Waals surface area contributed by atoms with Crippen molar-refractivity contribution in [1.29, 1.82) is 0 Å². The van der Waals surface area contributed by atoms with Crippen LogP contribution in [-0.4, -0.2) is 41.1 Å². The van der Waals surface area contributed by atoms with Gasteiger partial charge in [-0.2, -0.15) is 0 Å². The molecule has 37 heavy (non-hydrogen) atoms. The van der Waals surface area contributed by atoms with Crippen LogP contribution in [0.4, 0.5) is 5.82 Å². The molecule has 0 saturated heterocycles. The summed E-state index contributed by atoms with van der Waals surface area (Å²) in [7, 11) is 0. The molecule has 0 fully saturated rings. The van der Waals surface area contributed by atoms with Gasteiger partial charge in [0.25, 0.3) is 0 Å². The largest absolute Gasteiger partial charge is 0.480 e. The van der Waals surface area contributed by atoms with Crippen LogP contribution in [0.3, 0.4) is 0 Å². The molecule has 1 atom stereocenters. The number of halogens is 1. The number of nitrogens with one attached hydrogen (secondary N) is 1. The Balaban J connectivity index is 0.000000458. The summed E-state index contributed by atoms with van der Waals surface area (Å²) in [5, 5.41) is 10.9. The molecule has 2 N–H and O–H groups in total. The fraction of sp³-hybridized carbons (Fsp3) is 0.367. The number of aryl methyl sites for hydroxylation is 1. The molecule has 2 aliphatic rings. The number of allylic oxidation sites excluding steroid dienone is 10. The molecule has 0 aromatic carbocycles. The average molecular weight is 569 g/mol. The van der Waals surface area contributed by atoms with Gasteiger partial charge in [-0.1, -0.05) is 75.0 Å². The number of pyridine rings is 1. The van der Waals surface area contributed by atoms with Crippen molar-refractivity contribution in [2.45, 2.75) is 59.4 Å². The monoisotopic (exact) mass is 567 g/mol. The minimum absolute atomic E-state index is 0.0278. The molecule has 0 aliphatic heterocycles. The third-order valence-corrected chi connectivity index (χ3v) is 6.29. The maximum absolute atomic E-state index is 12.5. The first kappa shape index (κ1) is 30.2. The maximum atomic E-state index is 12.5. The van der Waals surface area contributed by atoms with E-state index in [1.54, 1.807) is 18.0 Å². The Hall–Kier alpha value is -3.03. The molecule has 0 bridgehead atoms. The molecule has 7 heteroatoms. The number of hydrogen-bond donors (Lipinski definition) is 2. The van der Waals surface area contributed by atoms with Crippen LogP contribution in [-0.2, 0) is 16.0 Å². The lowest BCUT2D eigenvalue weighted by atomic mass is 10.00. The predicted octanol–water partition coefficient (Wildman–Crippen LogP) is 6.47. The fourth-order valence-electron chi connectivity index (χ4n) is 3.95. The van der Waals surface area contributed by atoms with Crippen molar-refractivity contribution in [3.05, 3.63) is 93.7 Å². The van der Waals surface area contributed by atoms with Crippen LogP contribution in [0.1, 0.15) is 52.5 Å². The van der Waals surface area contributed by atoms with E-state index in [1.165, 1.54) is 11.1 Å². The third kappa shape index (κ3) is 9.74. The van der Waals surface area contributed by atoms with Gasteiger partial charge in [0.1, 0.15) is 5.82 Å². The second-order valence-corrected chi connectivity index (χ2v) is 9.71. The number of carboxylic acid groups (broad SMARTS) is 1. The van der Waals surface area contributed by atoms with Crippen LogP contribution in [0, 0.1) is 0 Å². The molecule has 6 nitrogen and oxygen atoms in total. The quantitative estimate of drug-likeness (QED) is 0.334. The SMILES string of the molecule is CCCCNCC(=O)O.CCc1cc(Br)cnc1N(C(C)=O)C1C=CC=C(C2=C(C)C=CCC=C2)C=C1. The minimum Gasteiger partial charge on any atom is -0.480 e. The zero-order valence-corrected chi connectivity index (χ0v) is 23.8. The van der Waals surface area contributed by atoms with Crippen LogP contribution in [0.25, 0.3) is 0 Å². The number of nitrogens with zero attached hydrogens (tertiary/aromatic N) is 2. The van der Waals surface area contributed by atoms with Crippen LogP contribution in [0.2, 0.25) is 0 Å². The summed E-state index contributed by atoms with van der Waals surface area (Å²) < 4.78 is 0.920. The predicted molar refractivity (Wildman–Crippen MR) is 156 cm³/mol. The zero-order valence-electron chi connectivity index (χ0n) is 22.2. The smallest absolute Gasteiger partial charge is 0.317 e. The van der Waals surface area contributed by atoms with E-state index in [9.17, 15) is 9.59 Å². The molecule has 1 heterocycles. The number of anilines is 1. The average Bonchev–Trinajstić information content (AvgIpc) is 3.23. The second kappa shape index (κ2) is 15.9. The molecular weight excluding hydrogens is 530 g/mol. The highest BCUT2D eigenvalue weighted by Crippen LogP contribution is 2.28. The van der Waals surface area contributed by atoms with E-state index in [0.29, 0.717) is 5.82 Å². The van der Waals surface area contributed by atoms with E-state index in [2.05, 4.69) is 89.5 Å². The first-order valence-corrected chi connectivity index (χ1v) is 13.6. The zero-order chi connectivity index (χ0) is 27.2. The van der Waals surface area contributed by atoms with Gasteiger partial charge in [-0.05, 0) is 77.0 Å². The second-order valence-electron chi connectivity index (χ2n) is 8.80. The van der Waals surface area contributed by atoms with Crippen molar-refractivity contribution < 1.29 is 14.7 Å². The van der Waals surface area contributed by atoms with Gasteiger partial charge in [-0.3, -0.25) is 14.5 Å². The van der Waals surface area contributed by atoms with Crippen molar-refractivity contribution in [1.82, 2.24) is 10.3 Å². The number of aliphatic carboxylic acids is 1.